The molecule has 0 saturated heterocycles. The van der Waals surface area contributed by atoms with Gasteiger partial charge in [0, 0.05) is 12.7 Å². The monoisotopic (exact) mass is 347 g/mol. The first-order valence-corrected chi connectivity index (χ1v) is 8.23. The minimum absolute atomic E-state index is 0.669. The Labute approximate surface area is 117 Å². The fourth-order valence-corrected chi connectivity index (χ4v) is 2.94. The van der Waals surface area contributed by atoms with Crippen LogP contribution in [0.25, 0.3) is 0 Å². The van der Waals surface area contributed by atoms with Crippen molar-refractivity contribution in [3.63, 3.8) is 0 Å². The van der Waals surface area contributed by atoms with Crippen LogP contribution in [0.2, 0.25) is 0 Å². The van der Waals surface area contributed by atoms with E-state index < -0.39 is 0 Å². The van der Waals surface area contributed by atoms with Gasteiger partial charge in [0.05, 0.1) is 11.7 Å². The summed E-state index contributed by atoms with van der Waals surface area (Å²) >= 11 is 2.43. The number of alkyl halides is 1. The molecule has 0 spiro atoms. The first-order valence-electron chi connectivity index (χ1n) is 6.71. The van der Waals surface area contributed by atoms with E-state index in [1.807, 2.05) is 0 Å². The van der Waals surface area contributed by atoms with E-state index in [0.717, 1.165) is 13.1 Å². The Kier molecular flexibility index (Phi) is 5.77. The SMILES string of the molecule is ICCCCNCc1ccn(C2CCCC2)n1. The minimum Gasteiger partial charge on any atom is -0.311 e. The lowest BCUT2D eigenvalue weighted by atomic mass is 10.3. The van der Waals surface area contributed by atoms with E-state index in [1.165, 1.54) is 48.6 Å². The zero-order valence-electron chi connectivity index (χ0n) is 10.4. The van der Waals surface area contributed by atoms with Crippen LogP contribution in [-0.4, -0.2) is 20.8 Å². The molecule has 1 N–H and O–H groups in total. The average molecular weight is 347 g/mol. The second kappa shape index (κ2) is 7.36. The van der Waals surface area contributed by atoms with Crippen molar-refractivity contribution in [2.24, 2.45) is 0 Å². The predicted octanol–water partition coefficient (Wildman–Crippen LogP) is 3.30. The van der Waals surface area contributed by atoms with Gasteiger partial charge in [0.25, 0.3) is 0 Å². The molecule has 1 aliphatic carbocycles. The normalized spacial score (nSPS) is 16.8. The summed E-state index contributed by atoms with van der Waals surface area (Å²) in [6, 6.07) is 2.83. The molecule has 0 amide bonds. The van der Waals surface area contributed by atoms with E-state index in [1.54, 1.807) is 0 Å². The van der Waals surface area contributed by atoms with Crippen molar-refractivity contribution in [1.82, 2.24) is 15.1 Å². The van der Waals surface area contributed by atoms with Gasteiger partial charge in [-0.3, -0.25) is 4.68 Å². The van der Waals surface area contributed by atoms with Crippen molar-refractivity contribution < 1.29 is 0 Å². The second-order valence-corrected chi connectivity index (χ2v) is 5.88. The van der Waals surface area contributed by atoms with Crippen molar-refractivity contribution in [2.75, 3.05) is 11.0 Å². The van der Waals surface area contributed by atoms with Gasteiger partial charge in [0.15, 0.2) is 0 Å². The molecular weight excluding hydrogens is 325 g/mol. The summed E-state index contributed by atoms with van der Waals surface area (Å²) in [6.07, 6.45) is 10.1. The van der Waals surface area contributed by atoms with Crippen molar-refractivity contribution in [3.05, 3.63) is 18.0 Å². The first kappa shape index (κ1) is 13.3. The van der Waals surface area contributed by atoms with Crippen molar-refractivity contribution in [1.29, 1.82) is 0 Å². The van der Waals surface area contributed by atoms with Gasteiger partial charge in [-0.25, -0.2) is 0 Å². The maximum atomic E-state index is 4.66. The van der Waals surface area contributed by atoms with Gasteiger partial charge < -0.3 is 5.32 Å². The van der Waals surface area contributed by atoms with Gasteiger partial charge in [-0.2, -0.15) is 5.10 Å². The number of hydrogen-bond acceptors (Lipinski definition) is 2. The minimum atomic E-state index is 0.669. The zero-order chi connectivity index (χ0) is 11.9. The van der Waals surface area contributed by atoms with E-state index in [-0.39, 0.29) is 0 Å². The summed E-state index contributed by atoms with van der Waals surface area (Å²) < 4.78 is 3.44. The molecular formula is C13H22IN3. The topological polar surface area (TPSA) is 29.9 Å². The average Bonchev–Trinajstić information content (AvgIpc) is 2.99. The highest BCUT2D eigenvalue weighted by molar-refractivity contribution is 14.1. The number of nitrogens with zero attached hydrogens (tertiary/aromatic N) is 2. The summed E-state index contributed by atoms with van der Waals surface area (Å²) in [4.78, 5) is 0. The zero-order valence-corrected chi connectivity index (χ0v) is 12.5. The van der Waals surface area contributed by atoms with Crippen molar-refractivity contribution in [2.45, 2.75) is 51.1 Å². The third kappa shape index (κ3) is 4.25. The van der Waals surface area contributed by atoms with Gasteiger partial charge in [-0.05, 0) is 42.7 Å². The number of nitrogens with one attached hydrogen (secondary N) is 1. The molecule has 0 aliphatic heterocycles. The Morgan fingerprint density at radius 1 is 1.35 bits per heavy atom. The molecule has 1 aromatic rings. The summed E-state index contributed by atoms with van der Waals surface area (Å²) in [5.74, 6) is 0. The number of unbranched alkanes of at least 4 members (excludes halogenated alkanes) is 1. The predicted molar refractivity (Wildman–Crippen MR) is 79.6 cm³/mol. The Balaban J connectivity index is 1.70. The van der Waals surface area contributed by atoms with E-state index in [2.05, 4.69) is 50.0 Å². The van der Waals surface area contributed by atoms with Gasteiger partial charge in [-0.1, -0.05) is 35.4 Å². The lowest BCUT2D eigenvalue weighted by molar-refractivity contribution is 0.460. The van der Waals surface area contributed by atoms with Crippen LogP contribution in [0.1, 0.15) is 50.3 Å². The molecule has 0 unspecified atom stereocenters. The Morgan fingerprint density at radius 2 is 2.18 bits per heavy atom. The highest BCUT2D eigenvalue weighted by atomic mass is 127. The largest absolute Gasteiger partial charge is 0.311 e. The van der Waals surface area contributed by atoms with Crippen molar-refractivity contribution >= 4 is 22.6 Å². The Morgan fingerprint density at radius 3 is 2.94 bits per heavy atom. The van der Waals surface area contributed by atoms with Crippen LogP contribution in [0.3, 0.4) is 0 Å². The smallest absolute Gasteiger partial charge is 0.0762 e. The fourth-order valence-electron chi connectivity index (χ4n) is 2.40. The van der Waals surface area contributed by atoms with E-state index in [4.69, 9.17) is 0 Å². The molecule has 0 aromatic carbocycles. The lowest BCUT2D eigenvalue weighted by Gasteiger charge is -2.08. The lowest BCUT2D eigenvalue weighted by Crippen LogP contribution is -2.15. The van der Waals surface area contributed by atoms with Gasteiger partial charge >= 0.3 is 0 Å². The van der Waals surface area contributed by atoms with E-state index in [9.17, 15) is 0 Å². The molecule has 0 atom stereocenters. The Bertz CT molecular complexity index is 318. The molecule has 0 radical (unpaired) electrons. The molecule has 1 aliphatic rings. The quantitative estimate of drug-likeness (QED) is 0.466. The first-order chi connectivity index (χ1) is 8.40. The highest BCUT2D eigenvalue weighted by Gasteiger charge is 2.17. The highest BCUT2D eigenvalue weighted by Crippen LogP contribution is 2.28. The van der Waals surface area contributed by atoms with Crippen LogP contribution in [0.5, 0.6) is 0 Å². The molecule has 1 fully saturated rings. The number of rotatable bonds is 7. The number of aromatic nitrogens is 2. The standard InChI is InChI=1S/C13H22IN3/c14-8-3-4-9-15-11-12-7-10-17(16-12)13-5-1-2-6-13/h7,10,13,15H,1-6,8-9,11H2. The van der Waals surface area contributed by atoms with Crippen LogP contribution < -0.4 is 5.32 Å². The maximum Gasteiger partial charge on any atom is 0.0762 e. The maximum absolute atomic E-state index is 4.66. The molecule has 0 bridgehead atoms. The number of hydrogen-bond donors (Lipinski definition) is 1. The van der Waals surface area contributed by atoms with Crippen LogP contribution in [0, 0.1) is 0 Å². The molecule has 17 heavy (non-hydrogen) atoms. The third-order valence-corrected chi connectivity index (χ3v) is 4.17. The fraction of sp³-hybridized carbons (Fsp3) is 0.769. The van der Waals surface area contributed by atoms with Crippen LogP contribution >= 0.6 is 22.6 Å². The van der Waals surface area contributed by atoms with Crippen LogP contribution in [0.4, 0.5) is 0 Å². The second-order valence-electron chi connectivity index (χ2n) is 4.80. The molecule has 1 aromatic heterocycles. The summed E-state index contributed by atoms with van der Waals surface area (Å²) in [5, 5.41) is 8.12. The molecule has 1 saturated carbocycles. The molecule has 1 heterocycles. The van der Waals surface area contributed by atoms with E-state index in [0.29, 0.717) is 6.04 Å². The van der Waals surface area contributed by atoms with E-state index >= 15 is 0 Å². The van der Waals surface area contributed by atoms with Crippen molar-refractivity contribution in [3.8, 4) is 0 Å². The summed E-state index contributed by atoms with van der Waals surface area (Å²) in [5.41, 5.74) is 1.19. The molecule has 4 heteroatoms. The third-order valence-electron chi connectivity index (χ3n) is 3.41. The number of halogens is 1. The van der Waals surface area contributed by atoms with Crippen LogP contribution in [0.15, 0.2) is 12.3 Å². The van der Waals surface area contributed by atoms with Crippen LogP contribution in [-0.2, 0) is 6.54 Å². The molecule has 96 valence electrons. The Hall–Kier alpha value is -0.100. The summed E-state index contributed by atoms with van der Waals surface area (Å²) in [7, 11) is 0. The van der Waals surface area contributed by atoms with Gasteiger partial charge in [0.1, 0.15) is 0 Å². The molecule has 2 rings (SSSR count). The van der Waals surface area contributed by atoms with Gasteiger partial charge in [-0.15, -0.1) is 0 Å². The van der Waals surface area contributed by atoms with Gasteiger partial charge in [0.2, 0.25) is 0 Å². The molecule has 3 nitrogen and oxygen atoms in total. The summed E-state index contributed by atoms with van der Waals surface area (Å²) in [6.45, 7) is 2.03.